The van der Waals surface area contributed by atoms with E-state index in [2.05, 4.69) is 20.5 Å². The largest absolute Gasteiger partial charge is 0.324 e. The number of thioether (sulfide) groups is 1. The summed E-state index contributed by atoms with van der Waals surface area (Å²) in [5, 5.41) is 10.0. The van der Waals surface area contributed by atoms with Crippen molar-refractivity contribution < 1.29 is 13.2 Å². The van der Waals surface area contributed by atoms with Crippen molar-refractivity contribution in [3.05, 3.63) is 54.1 Å². The van der Waals surface area contributed by atoms with Crippen molar-refractivity contribution in [1.29, 1.82) is 0 Å². The minimum absolute atomic E-state index is 0.0588. The Bertz CT molecular complexity index is 1060. The molecule has 3 aromatic rings. The Morgan fingerprint density at radius 3 is 2.56 bits per heavy atom. The van der Waals surface area contributed by atoms with Crippen molar-refractivity contribution in [3.63, 3.8) is 0 Å². The number of aromatic nitrogens is 3. The average Bonchev–Trinajstić information content (AvgIpc) is 3.09. The molecule has 0 aliphatic carbocycles. The minimum Gasteiger partial charge on any atom is -0.324 e. The Morgan fingerprint density at radius 1 is 1.15 bits per heavy atom. The number of sulfone groups is 1. The van der Waals surface area contributed by atoms with Crippen LogP contribution >= 0.6 is 11.8 Å². The molecule has 0 unspecified atom stereocenters. The predicted molar refractivity (Wildman–Crippen MR) is 105 cm³/mol. The quantitative estimate of drug-likeness (QED) is 0.614. The van der Waals surface area contributed by atoms with Crippen LogP contribution in [0.1, 0.15) is 5.56 Å². The number of benzene rings is 2. The van der Waals surface area contributed by atoms with Crippen LogP contribution in [-0.4, -0.2) is 41.5 Å². The maximum Gasteiger partial charge on any atom is 0.234 e. The highest BCUT2D eigenvalue weighted by molar-refractivity contribution is 7.99. The Balaban J connectivity index is 1.63. The lowest BCUT2D eigenvalue weighted by Crippen LogP contribution is -2.16. The number of rotatable bonds is 6. The monoisotopic (exact) mass is 402 g/mol. The highest BCUT2D eigenvalue weighted by atomic mass is 32.2. The molecule has 2 aromatic carbocycles. The molecule has 0 aliphatic heterocycles. The number of hydrogen-bond donors (Lipinski definition) is 2. The average molecular weight is 403 g/mol. The molecular formula is C18H18N4O3S2. The number of anilines is 1. The van der Waals surface area contributed by atoms with Gasteiger partial charge in [-0.3, -0.25) is 9.89 Å². The third-order valence-corrected chi connectivity index (χ3v) is 5.69. The van der Waals surface area contributed by atoms with Crippen molar-refractivity contribution in [2.45, 2.75) is 17.0 Å². The van der Waals surface area contributed by atoms with Gasteiger partial charge in [-0.25, -0.2) is 13.4 Å². The summed E-state index contributed by atoms with van der Waals surface area (Å²) in [4.78, 5) is 16.6. The van der Waals surface area contributed by atoms with Crippen LogP contribution in [0, 0.1) is 6.92 Å². The number of amides is 1. The molecule has 0 bridgehead atoms. The molecule has 0 aliphatic rings. The topological polar surface area (TPSA) is 105 Å². The smallest absolute Gasteiger partial charge is 0.234 e. The molecule has 0 atom stereocenters. The van der Waals surface area contributed by atoms with Gasteiger partial charge in [0.2, 0.25) is 11.1 Å². The first-order valence-corrected chi connectivity index (χ1v) is 10.9. The van der Waals surface area contributed by atoms with E-state index in [4.69, 9.17) is 0 Å². The normalized spacial score (nSPS) is 11.3. The van der Waals surface area contributed by atoms with Crippen LogP contribution in [-0.2, 0) is 14.6 Å². The number of hydrogen-bond acceptors (Lipinski definition) is 6. The standard InChI is InChI=1S/C18H18N4O3S2/c1-12-7-9-13(10-8-12)17-20-18(22-21-17)26-11-16(23)19-14-5-3-4-6-15(14)27(2,24)25/h3-10H,11H2,1-2H3,(H,19,23)(H,20,21,22). The lowest BCUT2D eigenvalue weighted by molar-refractivity contribution is -0.113. The summed E-state index contributed by atoms with van der Waals surface area (Å²) in [7, 11) is -3.43. The summed E-state index contributed by atoms with van der Waals surface area (Å²) in [5.41, 5.74) is 2.33. The van der Waals surface area contributed by atoms with Gasteiger partial charge in [0.05, 0.1) is 16.3 Å². The Kier molecular flexibility index (Phi) is 5.62. The van der Waals surface area contributed by atoms with E-state index in [9.17, 15) is 13.2 Å². The van der Waals surface area contributed by atoms with Crippen LogP contribution < -0.4 is 5.32 Å². The van der Waals surface area contributed by atoms with Crippen LogP contribution in [0.15, 0.2) is 58.6 Å². The van der Waals surface area contributed by atoms with Gasteiger partial charge in [-0.1, -0.05) is 53.7 Å². The van der Waals surface area contributed by atoms with E-state index in [0.717, 1.165) is 29.1 Å². The zero-order valence-corrected chi connectivity index (χ0v) is 16.4. The Morgan fingerprint density at radius 2 is 1.85 bits per heavy atom. The Hall–Kier alpha value is -2.65. The van der Waals surface area contributed by atoms with Crippen molar-refractivity contribution in [2.75, 3.05) is 17.3 Å². The van der Waals surface area contributed by atoms with Crippen molar-refractivity contribution in [3.8, 4) is 11.4 Å². The number of aromatic amines is 1. The number of nitrogens with zero attached hydrogens (tertiary/aromatic N) is 2. The second kappa shape index (κ2) is 7.93. The zero-order valence-electron chi connectivity index (χ0n) is 14.8. The van der Waals surface area contributed by atoms with E-state index in [0.29, 0.717) is 11.0 Å². The molecule has 1 heterocycles. The molecular weight excluding hydrogens is 384 g/mol. The second-order valence-electron chi connectivity index (χ2n) is 5.94. The molecule has 1 amide bonds. The first-order valence-electron chi connectivity index (χ1n) is 8.04. The highest BCUT2D eigenvalue weighted by Gasteiger charge is 2.15. The summed E-state index contributed by atoms with van der Waals surface area (Å²) < 4.78 is 23.6. The van der Waals surface area contributed by atoms with Crippen LogP contribution in [0.4, 0.5) is 5.69 Å². The molecule has 1 aromatic heterocycles. The molecule has 0 saturated heterocycles. The van der Waals surface area contributed by atoms with E-state index in [1.54, 1.807) is 18.2 Å². The Labute approximate surface area is 161 Å². The van der Waals surface area contributed by atoms with Gasteiger partial charge < -0.3 is 5.32 Å². The maximum atomic E-state index is 12.2. The van der Waals surface area contributed by atoms with Crippen molar-refractivity contribution >= 4 is 33.2 Å². The van der Waals surface area contributed by atoms with E-state index >= 15 is 0 Å². The number of H-pyrrole nitrogens is 1. The van der Waals surface area contributed by atoms with Crippen molar-refractivity contribution in [2.24, 2.45) is 0 Å². The van der Waals surface area contributed by atoms with Crippen LogP contribution in [0.3, 0.4) is 0 Å². The zero-order chi connectivity index (χ0) is 19.4. The van der Waals surface area contributed by atoms with E-state index in [1.165, 1.54) is 6.07 Å². The number of carbonyl (C=O) groups is 1. The molecule has 0 radical (unpaired) electrons. The van der Waals surface area contributed by atoms with Gasteiger partial charge in [0.25, 0.3) is 0 Å². The summed E-state index contributed by atoms with van der Waals surface area (Å²) in [6.45, 7) is 2.01. The van der Waals surface area contributed by atoms with Gasteiger partial charge in [0.1, 0.15) is 0 Å². The molecule has 9 heteroatoms. The molecule has 0 fully saturated rings. The van der Waals surface area contributed by atoms with Gasteiger partial charge in [0.15, 0.2) is 15.7 Å². The van der Waals surface area contributed by atoms with Crippen LogP contribution in [0.2, 0.25) is 0 Å². The lowest BCUT2D eigenvalue weighted by atomic mass is 10.1. The highest BCUT2D eigenvalue weighted by Crippen LogP contribution is 2.22. The van der Waals surface area contributed by atoms with Crippen molar-refractivity contribution in [1.82, 2.24) is 15.2 Å². The molecule has 0 spiro atoms. The number of carbonyl (C=O) groups excluding carboxylic acids is 1. The molecule has 0 saturated carbocycles. The third-order valence-electron chi connectivity index (χ3n) is 3.68. The molecule has 3 rings (SSSR count). The molecule has 140 valence electrons. The maximum absolute atomic E-state index is 12.2. The van der Waals surface area contributed by atoms with Gasteiger partial charge in [0, 0.05) is 11.8 Å². The predicted octanol–water partition coefficient (Wildman–Crippen LogP) is 2.91. The molecule has 2 N–H and O–H groups in total. The number of nitrogens with one attached hydrogen (secondary N) is 2. The lowest BCUT2D eigenvalue weighted by Gasteiger charge is -2.08. The SMILES string of the molecule is Cc1ccc(-c2nc(SCC(=O)Nc3ccccc3S(C)(=O)=O)n[nH]2)cc1. The van der Waals surface area contributed by atoms with E-state index in [-0.39, 0.29) is 22.2 Å². The fourth-order valence-electron chi connectivity index (χ4n) is 2.36. The second-order valence-corrected chi connectivity index (χ2v) is 8.86. The van der Waals surface area contributed by atoms with Gasteiger partial charge in [-0.15, -0.1) is 5.10 Å². The minimum atomic E-state index is -3.43. The van der Waals surface area contributed by atoms with Gasteiger partial charge in [-0.05, 0) is 19.1 Å². The first kappa shape index (κ1) is 19.1. The first-order chi connectivity index (χ1) is 12.8. The fourth-order valence-corrected chi connectivity index (χ4v) is 3.80. The summed E-state index contributed by atoms with van der Waals surface area (Å²) in [6.07, 6.45) is 1.10. The molecule has 7 nitrogen and oxygen atoms in total. The van der Waals surface area contributed by atoms with Crippen LogP contribution in [0.5, 0.6) is 0 Å². The van der Waals surface area contributed by atoms with Gasteiger partial charge in [-0.2, -0.15) is 0 Å². The third kappa shape index (κ3) is 4.95. The van der Waals surface area contributed by atoms with Gasteiger partial charge >= 0.3 is 0 Å². The molecule has 27 heavy (non-hydrogen) atoms. The van der Waals surface area contributed by atoms with E-state index < -0.39 is 9.84 Å². The fraction of sp³-hybridized carbons (Fsp3) is 0.167. The summed E-state index contributed by atoms with van der Waals surface area (Å²) in [5.74, 6) is 0.349. The number of aryl methyl sites for hydroxylation is 1. The van der Waals surface area contributed by atoms with Crippen LogP contribution in [0.25, 0.3) is 11.4 Å². The summed E-state index contributed by atoms with van der Waals surface area (Å²) >= 11 is 1.16. The summed E-state index contributed by atoms with van der Waals surface area (Å²) in [6, 6.07) is 14.1. The van der Waals surface area contributed by atoms with E-state index in [1.807, 2.05) is 31.2 Å². The number of para-hydroxylation sites is 1.